The minimum Gasteiger partial charge on any atom is -0.370 e. The standard InChI is InChI=1S/C19H26FN5O/c1-14-18(15(2)26-23-14)4-3-9-22-19(21)25-12-10-24(11-13-25)17-7-5-16(20)6-8-17/h5-8H,3-4,9-13H2,1-2H3,(H2,21,22). The van der Waals surface area contributed by atoms with E-state index in [1.807, 2.05) is 26.0 Å². The number of anilines is 1. The van der Waals surface area contributed by atoms with E-state index in [2.05, 4.69) is 19.9 Å². The van der Waals surface area contributed by atoms with Gasteiger partial charge in [-0.15, -0.1) is 0 Å². The van der Waals surface area contributed by atoms with Gasteiger partial charge in [0.25, 0.3) is 0 Å². The van der Waals surface area contributed by atoms with Crippen molar-refractivity contribution >= 4 is 11.6 Å². The minimum atomic E-state index is -0.208. The molecule has 6 nitrogen and oxygen atoms in total. The van der Waals surface area contributed by atoms with Gasteiger partial charge in [-0.25, -0.2) is 4.39 Å². The van der Waals surface area contributed by atoms with Gasteiger partial charge in [-0.1, -0.05) is 5.16 Å². The number of rotatable bonds is 5. The predicted molar refractivity (Wildman–Crippen MR) is 101 cm³/mol. The van der Waals surface area contributed by atoms with E-state index in [1.165, 1.54) is 17.7 Å². The molecular formula is C19H26FN5O. The molecule has 0 spiro atoms. The largest absolute Gasteiger partial charge is 0.370 e. The van der Waals surface area contributed by atoms with E-state index in [0.717, 1.165) is 56.2 Å². The molecule has 26 heavy (non-hydrogen) atoms. The zero-order valence-electron chi connectivity index (χ0n) is 15.4. The molecule has 0 aliphatic carbocycles. The highest BCUT2D eigenvalue weighted by molar-refractivity contribution is 5.78. The molecular weight excluding hydrogens is 333 g/mol. The molecule has 1 aliphatic heterocycles. The van der Waals surface area contributed by atoms with Crippen molar-refractivity contribution in [3.63, 3.8) is 0 Å². The molecule has 1 aromatic heterocycles. The van der Waals surface area contributed by atoms with Crippen LogP contribution in [0, 0.1) is 19.7 Å². The van der Waals surface area contributed by atoms with Crippen LogP contribution in [0.2, 0.25) is 0 Å². The Morgan fingerprint density at radius 2 is 1.88 bits per heavy atom. The van der Waals surface area contributed by atoms with Crippen LogP contribution in [0.3, 0.4) is 0 Å². The van der Waals surface area contributed by atoms with Crippen molar-refractivity contribution in [3.05, 3.63) is 47.1 Å². The summed E-state index contributed by atoms with van der Waals surface area (Å²) in [4.78, 5) is 8.86. The number of hydrogen-bond donors (Lipinski definition) is 1. The Balaban J connectivity index is 1.45. The van der Waals surface area contributed by atoms with Gasteiger partial charge in [0.15, 0.2) is 5.96 Å². The average molecular weight is 359 g/mol. The number of nitrogens with zero attached hydrogens (tertiary/aromatic N) is 4. The van der Waals surface area contributed by atoms with Crippen LogP contribution in [0.1, 0.15) is 23.4 Å². The molecule has 1 fully saturated rings. The van der Waals surface area contributed by atoms with Crippen LogP contribution in [-0.4, -0.2) is 48.7 Å². The lowest BCUT2D eigenvalue weighted by atomic mass is 10.1. The van der Waals surface area contributed by atoms with Crippen molar-refractivity contribution in [2.45, 2.75) is 26.7 Å². The number of piperazine rings is 1. The van der Waals surface area contributed by atoms with Crippen molar-refractivity contribution in [1.82, 2.24) is 10.1 Å². The van der Waals surface area contributed by atoms with E-state index in [0.29, 0.717) is 12.5 Å². The van der Waals surface area contributed by atoms with Crippen molar-refractivity contribution in [3.8, 4) is 0 Å². The molecule has 0 radical (unpaired) electrons. The number of aryl methyl sites for hydroxylation is 2. The van der Waals surface area contributed by atoms with Gasteiger partial charge in [0.05, 0.1) is 5.69 Å². The molecule has 1 aromatic carbocycles. The first-order valence-electron chi connectivity index (χ1n) is 9.01. The summed E-state index contributed by atoms with van der Waals surface area (Å²) in [6.07, 6.45) is 1.81. The molecule has 0 atom stereocenters. The lowest BCUT2D eigenvalue weighted by Gasteiger charge is -2.36. The highest BCUT2D eigenvalue weighted by atomic mass is 19.1. The van der Waals surface area contributed by atoms with E-state index in [-0.39, 0.29) is 5.82 Å². The summed E-state index contributed by atoms with van der Waals surface area (Å²) in [5, 5.41) is 3.97. The van der Waals surface area contributed by atoms with Gasteiger partial charge in [0.2, 0.25) is 0 Å². The second-order valence-electron chi connectivity index (χ2n) is 6.60. The smallest absolute Gasteiger partial charge is 0.191 e. The molecule has 7 heteroatoms. The summed E-state index contributed by atoms with van der Waals surface area (Å²) >= 11 is 0. The third-order valence-electron chi connectivity index (χ3n) is 4.84. The van der Waals surface area contributed by atoms with Crippen molar-refractivity contribution in [1.29, 1.82) is 0 Å². The summed E-state index contributed by atoms with van der Waals surface area (Å²) < 4.78 is 18.2. The summed E-state index contributed by atoms with van der Waals surface area (Å²) in [5.41, 5.74) is 9.32. The Kier molecular flexibility index (Phi) is 5.75. The second kappa shape index (κ2) is 8.21. The number of guanidine groups is 1. The number of benzene rings is 1. The third kappa shape index (κ3) is 4.33. The van der Waals surface area contributed by atoms with Gasteiger partial charge >= 0.3 is 0 Å². The molecule has 1 saturated heterocycles. The molecule has 3 rings (SSSR count). The first-order valence-corrected chi connectivity index (χ1v) is 9.01. The van der Waals surface area contributed by atoms with E-state index in [4.69, 9.17) is 10.3 Å². The maximum atomic E-state index is 13.0. The van der Waals surface area contributed by atoms with E-state index >= 15 is 0 Å². The van der Waals surface area contributed by atoms with Crippen LogP contribution in [0.15, 0.2) is 33.8 Å². The Bertz CT molecular complexity index is 728. The Hall–Kier alpha value is -2.57. The molecule has 0 amide bonds. The topological polar surface area (TPSA) is 70.9 Å². The third-order valence-corrected chi connectivity index (χ3v) is 4.84. The number of hydrogen-bond acceptors (Lipinski definition) is 4. The van der Waals surface area contributed by atoms with E-state index in [9.17, 15) is 4.39 Å². The number of nitrogens with two attached hydrogens (primary N) is 1. The fourth-order valence-electron chi connectivity index (χ4n) is 3.25. The van der Waals surface area contributed by atoms with Crippen LogP contribution < -0.4 is 10.6 Å². The van der Waals surface area contributed by atoms with Crippen LogP contribution in [-0.2, 0) is 6.42 Å². The summed E-state index contributed by atoms with van der Waals surface area (Å²) in [5.74, 6) is 1.28. The fourth-order valence-corrected chi connectivity index (χ4v) is 3.25. The van der Waals surface area contributed by atoms with Crippen molar-refractivity contribution in [2.75, 3.05) is 37.6 Å². The lowest BCUT2D eigenvalue weighted by Crippen LogP contribution is -2.51. The van der Waals surface area contributed by atoms with Gasteiger partial charge in [-0.2, -0.15) is 0 Å². The molecule has 2 heterocycles. The first kappa shape index (κ1) is 18.2. The Morgan fingerprint density at radius 3 is 2.50 bits per heavy atom. The number of halogens is 1. The van der Waals surface area contributed by atoms with Crippen LogP contribution in [0.25, 0.3) is 0 Å². The summed E-state index contributed by atoms with van der Waals surface area (Å²) in [7, 11) is 0. The molecule has 0 bridgehead atoms. The Labute approximate surface area is 153 Å². The van der Waals surface area contributed by atoms with Crippen molar-refractivity contribution < 1.29 is 8.91 Å². The summed E-state index contributed by atoms with van der Waals surface area (Å²) in [6, 6.07) is 6.63. The zero-order chi connectivity index (χ0) is 18.5. The molecule has 1 aliphatic rings. The molecule has 0 saturated carbocycles. The fraction of sp³-hybridized carbons (Fsp3) is 0.474. The minimum absolute atomic E-state index is 0.208. The maximum Gasteiger partial charge on any atom is 0.191 e. The Morgan fingerprint density at radius 1 is 1.19 bits per heavy atom. The van der Waals surface area contributed by atoms with Crippen LogP contribution >= 0.6 is 0 Å². The monoisotopic (exact) mass is 359 g/mol. The average Bonchev–Trinajstić information content (AvgIpc) is 2.97. The number of aromatic nitrogens is 1. The molecule has 140 valence electrons. The lowest BCUT2D eigenvalue weighted by molar-refractivity contribution is 0.380. The van der Waals surface area contributed by atoms with Crippen molar-refractivity contribution in [2.24, 2.45) is 10.7 Å². The predicted octanol–water partition coefficient (Wildman–Crippen LogP) is 2.50. The van der Waals surface area contributed by atoms with Crippen LogP contribution in [0.5, 0.6) is 0 Å². The molecule has 2 N–H and O–H groups in total. The molecule has 0 unspecified atom stereocenters. The van der Waals surface area contributed by atoms with E-state index in [1.54, 1.807) is 0 Å². The SMILES string of the molecule is Cc1noc(C)c1CCCN=C(N)N1CCN(c2ccc(F)cc2)CC1. The highest BCUT2D eigenvalue weighted by Crippen LogP contribution is 2.17. The maximum absolute atomic E-state index is 13.0. The van der Waals surface area contributed by atoms with Gasteiger partial charge in [0.1, 0.15) is 11.6 Å². The summed E-state index contributed by atoms with van der Waals surface area (Å²) in [6.45, 7) is 7.92. The zero-order valence-corrected chi connectivity index (χ0v) is 15.4. The number of aliphatic imine (C=N–C) groups is 1. The quantitative estimate of drug-likeness (QED) is 0.505. The molecule has 2 aromatic rings. The highest BCUT2D eigenvalue weighted by Gasteiger charge is 2.18. The van der Waals surface area contributed by atoms with Gasteiger partial charge in [-0.3, -0.25) is 4.99 Å². The van der Waals surface area contributed by atoms with E-state index < -0.39 is 0 Å². The van der Waals surface area contributed by atoms with Crippen LogP contribution in [0.4, 0.5) is 10.1 Å². The second-order valence-corrected chi connectivity index (χ2v) is 6.60. The normalized spacial score (nSPS) is 15.6. The van der Waals surface area contributed by atoms with Gasteiger partial charge in [0, 0.05) is 44.0 Å². The first-order chi connectivity index (χ1) is 12.5. The van der Waals surface area contributed by atoms with Gasteiger partial charge < -0.3 is 20.1 Å². The van der Waals surface area contributed by atoms with Gasteiger partial charge in [-0.05, 0) is 51.0 Å².